The second kappa shape index (κ2) is 7.24. The summed E-state index contributed by atoms with van der Waals surface area (Å²) in [7, 11) is 1.65. The summed E-state index contributed by atoms with van der Waals surface area (Å²) in [6.45, 7) is 0.181. The lowest BCUT2D eigenvalue weighted by atomic mass is 9.54. The fraction of sp³-hybridized carbons (Fsp3) is 0.519. The first-order valence-corrected chi connectivity index (χ1v) is 12.9. The average Bonchev–Trinajstić information content (AvgIpc) is 3.24. The monoisotopic (exact) mass is 464 g/mol. The summed E-state index contributed by atoms with van der Waals surface area (Å²) < 4.78 is 24.8. The molecule has 4 bridgehead atoms. The number of methoxy groups -OCH3 is 1. The predicted octanol–water partition coefficient (Wildman–Crippen LogP) is 5.29. The zero-order valence-corrected chi connectivity index (χ0v) is 19.6. The number of hydrogen-bond donors (Lipinski definition) is 0. The molecule has 5 fully saturated rings. The van der Waals surface area contributed by atoms with Gasteiger partial charge in [0.2, 0.25) is 5.79 Å². The molecule has 4 aliphatic carbocycles. The summed E-state index contributed by atoms with van der Waals surface area (Å²) in [5, 5.41) is 0. The van der Waals surface area contributed by atoms with Gasteiger partial charge >= 0.3 is 5.97 Å². The third kappa shape index (κ3) is 3.10. The van der Waals surface area contributed by atoms with E-state index in [-0.39, 0.29) is 18.2 Å². The summed E-state index contributed by atoms with van der Waals surface area (Å²) >= 11 is 1.68. The quantitative estimate of drug-likeness (QED) is 0.576. The Kier molecular flexibility index (Phi) is 4.47. The number of rotatable bonds is 3. The predicted molar refractivity (Wildman–Crippen MR) is 122 cm³/mol. The summed E-state index contributed by atoms with van der Waals surface area (Å²) in [4.78, 5) is 15.6. The second-order valence-corrected chi connectivity index (χ2v) is 11.6. The molecule has 2 aromatic rings. The topological polar surface area (TPSA) is 54.0 Å². The second-order valence-electron chi connectivity index (χ2n) is 10.5. The van der Waals surface area contributed by atoms with E-state index in [1.807, 2.05) is 36.4 Å². The first-order valence-electron chi connectivity index (χ1n) is 12.1. The third-order valence-electron chi connectivity index (χ3n) is 8.31. The Morgan fingerprint density at radius 2 is 1.67 bits per heavy atom. The minimum absolute atomic E-state index is 0.181. The third-order valence-corrected chi connectivity index (χ3v) is 9.46. The van der Waals surface area contributed by atoms with Crippen LogP contribution in [0.15, 0.2) is 52.3 Å². The van der Waals surface area contributed by atoms with E-state index in [1.165, 1.54) is 19.3 Å². The Labute approximate surface area is 198 Å². The molecule has 5 nitrogen and oxygen atoms in total. The van der Waals surface area contributed by atoms with Crippen molar-refractivity contribution in [3.8, 4) is 5.75 Å². The van der Waals surface area contributed by atoms with E-state index in [9.17, 15) is 4.79 Å². The van der Waals surface area contributed by atoms with E-state index in [0.29, 0.717) is 0 Å². The van der Waals surface area contributed by atoms with Crippen LogP contribution in [-0.2, 0) is 24.8 Å². The van der Waals surface area contributed by atoms with Crippen LogP contribution in [0, 0.1) is 17.8 Å². The molecule has 0 radical (unpaired) electrons. The number of carbonyl (C=O) groups excluding carboxylic acids is 1. The number of fused-ring (bicyclic) bond motifs is 4. The highest BCUT2D eigenvalue weighted by Crippen LogP contribution is 2.58. The molecule has 33 heavy (non-hydrogen) atoms. The van der Waals surface area contributed by atoms with E-state index in [1.54, 1.807) is 18.9 Å². The first-order chi connectivity index (χ1) is 16.1. The maximum absolute atomic E-state index is 13.4. The standard InChI is InChI=1S/C27H28O5S/c1-29-19-6-7-24-21(11-19)27(20-4-2-3-5-23(20)33-24)30-15-22(31-27)25(28)32-26-12-16-8-17(13-26)10-18(9-16)14-26/h2-7,11,16-18,22H,8-10,12-15H2,1H3. The number of carbonyl (C=O) groups is 1. The molecule has 1 saturated heterocycles. The van der Waals surface area contributed by atoms with Crippen LogP contribution in [-0.4, -0.2) is 31.4 Å². The van der Waals surface area contributed by atoms with Crippen molar-refractivity contribution in [1.82, 2.24) is 0 Å². The van der Waals surface area contributed by atoms with Crippen molar-refractivity contribution in [3.05, 3.63) is 53.6 Å². The Bertz CT molecular complexity index is 1090. The summed E-state index contributed by atoms with van der Waals surface area (Å²) in [5.74, 6) is 1.50. The maximum Gasteiger partial charge on any atom is 0.338 e. The molecule has 0 aromatic heterocycles. The number of ether oxygens (including phenoxy) is 4. The van der Waals surface area contributed by atoms with Gasteiger partial charge < -0.3 is 18.9 Å². The zero-order chi connectivity index (χ0) is 22.2. The molecule has 2 aromatic carbocycles. The van der Waals surface area contributed by atoms with E-state index in [2.05, 4.69) is 6.07 Å². The summed E-state index contributed by atoms with van der Waals surface area (Å²) in [6, 6.07) is 14.0. The molecule has 2 unspecified atom stereocenters. The van der Waals surface area contributed by atoms with Crippen molar-refractivity contribution < 1.29 is 23.7 Å². The van der Waals surface area contributed by atoms with Gasteiger partial charge in [-0.3, -0.25) is 0 Å². The van der Waals surface area contributed by atoms with E-state index in [4.69, 9.17) is 18.9 Å². The van der Waals surface area contributed by atoms with Crippen molar-refractivity contribution in [2.24, 2.45) is 17.8 Å². The van der Waals surface area contributed by atoms with Crippen LogP contribution in [0.2, 0.25) is 0 Å². The lowest BCUT2D eigenvalue weighted by Gasteiger charge is -2.55. The lowest BCUT2D eigenvalue weighted by Crippen LogP contribution is -2.53. The van der Waals surface area contributed by atoms with E-state index in [0.717, 1.165) is 63.7 Å². The summed E-state index contributed by atoms with van der Waals surface area (Å²) in [6.07, 6.45) is 6.25. The molecular formula is C27H28O5S. The van der Waals surface area contributed by atoms with E-state index < -0.39 is 11.9 Å². The maximum atomic E-state index is 13.4. The highest BCUT2D eigenvalue weighted by atomic mass is 32.2. The van der Waals surface area contributed by atoms with Gasteiger partial charge in [-0.1, -0.05) is 30.0 Å². The molecule has 8 rings (SSSR count). The summed E-state index contributed by atoms with van der Waals surface area (Å²) in [5.41, 5.74) is 1.53. The van der Waals surface area contributed by atoms with Crippen LogP contribution < -0.4 is 4.74 Å². The van der Waals surface area contributed by atoms with Crippen LogP contribution >= 0.6 is 11.8 Å². The van der Waals surface area contributed by atoms with Gasteiger partial charge in [0.15, 0.2) is 6.10 Å². The average molecular weight is 465 g/mol. The van der Waals surface area contributed by atoms with Crippen LogP contribution in [0.5, 0.6) is 5.75 Å². The molecule has 2 atom stereocenters. The zero-order valence-electron chi connectivity index (χ0n) is 18.8. The van der Waals surface area contributed by atoms with Crippen molar-refractivity contribution in [3.63, 3.8) is 0 Å². The van der Waals surface area contributed by atoms with Gasteiger partial charge in [0.25, 0.3) is 0 Å². The normalized spacial score (nSPS) is 37.6. The SMILES string of the molecule is COc1ccc2c(c1)C1(OCC(C(=O)OC34CC5CC(CC(C5)C3)C4)O1)c1ccccc1S2. The number of benzene rings is 2. The molecule has 172 valence electrons. The van der Waals surface area contributed by atoms with Crippen LogP contribution in [0.4, 0.5) is 0 Å². The molecule has 0 N–H and O–H groups in total. The van der Waals surface area contributed by atoms with Crippen molar-refractivity contribution in [2.45, 2.75) is 65.8 Å². The van der Waals surface area contributed by atoms with Gasteiger partial charge in [-0.05, 0) is 80.5 Å². The fourth-order valence-electron chi connectivity index (χ4n) is 7.37. The molecule has 6 heteroatoms. The largest absolute Gasteiger partial charge is 0.497 e. The van der Waals surface area contributed by atoms with Crippen molar-refractivity contribution >= 4 is 17.7 Å². The Morgan fingerprint density at radius 1 is 0.970 bits per heavy atom. The molecule has 0 amide bonds. The van der Waals surface area contributed by atoms with Gasteiger partial charge in [-0.15, -0.1) is 0 Å². The van der Waals surface area contributed by atoms with Crippen LogP contribution in [0.1, 0.15) is 49.7 Å². The Morgan fingerprint density at radius 3 is 2.39 bits per heavy atom. The molecule has 6 aliphatic rings. The molecule has 2 heterocycles. The molecular weight excluding hydrogens is 436 g/mol. The van der Waals surface area contributed by atoms with E-state index >= 15 is 0 Å². The number of esters is 1. The lowest BCUT2D eigenvalue weighted by molar-refractivity contribution is -0.203. The fourth-order valence-corrected chi connectivity index (χ4v) is 8.50. The molecule has 1 spiro atoms. The highest BCUT2D eigenvalue weighted by molar-refractivity contribution is 7.99. The minimum Gasteiger partial charge on any atom is -0.497 e. The van der Waals surface area contributed by atoms with Gasteiger partial charge in [-0.25, -0.2) is 4.79 Å². The number of hydrogen-bond acceptors (Lipinski definition) is 6. The van der Waals surface area contributed by atoms with Crippen molar-refractivity contribution in [1.29, 1.82) is 0 Å². The van der Waals surface area contributed by atoms with Gasteiger partial charge in [0.05, 0.1) is 13.7 Å². The Balaban J connectivity index is 1.20. The highest BCUT2D eigenvalue weighted by Gasteiger charge is 2.56. The van der Waals surface area contributed by atoms with Gasteiger partial charge in [0, 0.05) is 20.9 Å². The van der Waals surface area contributed by atoms with Crippen molar-refractivity contribution in [2.75, 3.05) is 13.7 Å². The molecule has 2 aliphatic heterocycles. The first kappa shape index (κ1) is 20.4. The minimum atomic E-state index is -1.13. The van der Waals surface area contributed by atoms with Gasteiger partial charge in [-0.2, -0.15) is 0 Å². The van der Waals surface area contributed by atoms with Crippen LogP contribution in [0.3, 0.4) is 0 Å². The Hall–Kier alpha value is -2.02. The molecule has 4 saturated carbocycles. The van der Waals surface area contributed by atoms with Gasteiger partial charge in [0.1, 0.15) is 11.4 Å². The van der Waals surface area contributed by atoms with Crippen LogP contribution in [0.25, 0.3) is 0 Å². The smallest absolute Gasteiger partial charge is 0.338 e.